The third kappa shape index (κ3) is 4.23. The molecule has 156 valence electrons. The number of furan rings is 1. The second-order valence-corrected chi connectivity index (χ2v) is 7.12. The van der Waals surface area contributed by atoms with Crippen LogP contribution in [0.15, 0.2) is 65.3 Å². The summed E-state index contributed by atoms with van der Waals surface area (Å²) in [4.78, 5) is 50.5. The van der Waals surface area contributed by atoms with Crippen LogP contribution in [0.25, 0.3) is 0 Å². The standard InChI is InChI=1S/C23H19N3O5/c1-14-7-8-17-18(12-14)23(30)26(22(17)29)10-9-20(27)24-15-4-2-5-16(13-15)25-21(28)19-6-3-11-31-19/h2-8,11-13H,9-10H2,1H3,(H,24,27)(H,25,28). The van der Waals surface area contributed by atoms with Crippen molar-refractivity contribution in [2.75, 3.05) is 17.2 Å². The van der Waals surface area contributed by atoms with E-state index in [4.69, 9.17) is 4.42 Å². The number of aryl methyl sites for hydroxylation is 1. The van der Waals surface area contributed by atoms with Crippen LogP contribution in [-0.4, -0.2) is 35.1 Å². The van der Waals surface area contributed by atoms with Gasteiger partial charge in [-0.3, -0.25) is 24.1 Å². The predicted molar refractivity (Wildman–Crippen MR) is 113 cm³/mol. The summed E-state index contributed by atoms with van der Waals surface area (Å²) < 4.78 is 5.05. The maximum Gasteiger partial charge on any atom is 0.291 e. The Bertz CT molecular complexity index is 1180. The van der Waals surface area contributed by atoms with E-state index in [0.29, 0.717) is 22.5 Å². The molecular weight excluding hydrogens is 398 g/mol. The first-order chi connectivity index (χ1) is 14.9. The summed E-state index contributed by atoms with van der Waals surface area (Å²) in [5.41, 5.74) is 2.56. The molecule has 0 spiro atoms. The average molecular weight is 417 g/mol. The van der Waals surface area contributed by atoms with E-state index in [-0.39, 0.29) is 30.5 Å². The number of fused-ring (bicyclic) bond motifs is 1. The highest BCUT2D eigenvalue weighted by atomic mass is 16.3. The molecule has 2 N–H and O–H groups in total. The lowest BCUT2D eigenvalue weighted by Crippen LogP contribution is -2.32. The zero-order valence-corrected chi connectivity index (χ0v) is 16.7. The average Bonchev–Trinajstić information content (AvgIpc) is 3.35. The van der Waals surface area contributed by atoms with Crippen molar-refractivity contribution in [1.82, 2.24) is 4.90 Å². The van der Waals surface area contributed by atoms with Crippen molar-refractivity contribution in [3.63, 3.8) is 0 Å². The Morgan fingerprint density at radius 1 is 0.903 bits per heavy atom. The van der Waals surface area contributed by atoms with Crippen molar-refractivity contribution in [2.45, 2.75) is 13.3 Å². The molecule has 0 bridgehead atoms. The molecule has 8 nitrogen and oxygen atoms in total. The van der Waals surface area contributed by atoms with Gasteiger partial charge in [-0.15, -0.1) is 0 Å². The number of rotatable bonds is 6. The van der Waals surface area contributed by atoms with Gasteiger partial charge in [0.25, 0.3) is 17.7 Å². The number of amides is 4. The Hall–Kier alpha value is -4.20. The first kappa shape index (κ1) is 20.1. The fraction of sp³-hybridized carbons (Fsp3) is 0.130. The predicted octanol–water partition coefficient (Wildman–Crippen LogP) is 3.47. The highest BCUT2D eigenvalue weighted by Gasteiger charge is 2.35. The zero-order valence-electron chi connectivity index (χ0n) is 16.7. The van der Waals surface area contributed by atoms with Crippen LogP contribution in [0.3, 0.4) is 0 Å². The Kier molecular flexibility index (Phi) is 5.36. The number of carbonyl (C=O) groups excluding carboxylic acids is 4. The molecule has 0 aliphatic carbocycles. The van der Waals surface area contributed by atoms with Gasteiger partial charge in [0, 0.05) is 24.3 Å². The molecule has 0 radical (unpaired) electrons. The normalized spacial score (nSPS) is 12.6. The molecule has 2 aromatic carbocycles. The highest BCUT2D eigenvalue weighted by molar-refractivity contribution is 6.21. The van der Waals surface area contributed by atoms with Crippen molar-refractivity contribution in [3.8, 4) is 0 Å². The van der Waals surface area contributed by atoms with Crippen molar-refractivity contribution < 1.29 is 23.6 Å². The number of anilines is 2. The Morgan fingerprint density at radius 2 is 1.65 bits per heavy atom. The number of benzene rings is 2. The van der Waals surface area contributed by atoms with Gasteiger partial charge in [0.05, 0.1) is 17.4 Å². The molecule has 4 rings (SSSR count). The number of nitrogens with one attached hydrogen (secondary N) is 2. The third-order valence-corrected chi connectivity index (χ3v) is 4.84. The monoisotopic (exact) mass is 417 g/mol. The van der Waals surface area contributed by atoms with E-state index < -0.39 is 11.8 Å². The van der Waals surface area contributed by atoms with Gasteiger partial charge in [0.15, 0.2) is 5.76 Å². The molecule has 3 aromatic rings. The number of hydrogen-bond acceptors (Lipinski definition) is 5. The third-order valence-electron chi connectivity index (χ3n) is 4.84. The van der Waals surface area contributed by atoms with E-state index in [1.54, 1.807) is 54.6 Å². The van der Waals surface area contributed by atoms with Crippen LogP contribution in [0.4, 0.5) is 11.4 Å². The lowest BCUT2D eigenvalue weighted by molar-refractivity contribution is -0.116. The Balaban J connectivity index is 1.35. The minimum absolute atomic E-state index is 0.0217. The van der Waals surface area contributed by atoms with Crippen LogP contribution in [-0.2, 0) is 4.79 Å². The molecule has 1 aliphatic rings. The zero-order chi connectivity index (χ0) is 22.0. The molecule has 0 fully saturated rings. The SMILES string of the molecule is Cc1ccc2c(c1)C(=O)N(CCC(=O)Nc1cccc(NC(=O)c3ccco3)c1)C2=O. The molecule has 1 aromatic heterocycles. The van der Waals surface area contributed by atoms with Crippen molar-refractivity contribution in [2.24, 2.45) is 0 Å². The van der Waals surface area contributed by atoms with Crippen LogP contribution in [0.2, 0.25) is 0 Å². The molecule has 0 atom stereocenters. The van der Waals surface area contributed by atoms with E-state index >= 15 is 0 Å². The second kappa shape index (κ2) is 8.27. The molecule has 2 heterocycles. The molecule has 0 saturated heterocycles. The van der Waals surface area contributed by atoms with E-state index in [1.165, 1.54) is 6.26 Å². The van der Waals surface area contributed by atoms with Crippen LogP contribution >= 0.6 is 0 Å². The van der Waals surface area contributed by atoms with Gasteiger partial charge in [-0.05, 0) is 49.4 Å². The minimum atomic E-state index is -0.408. The Labute approximate surface area is 177 Å². The number of imide groups is 1. The van der Waals surface area contributed by atoms with Crippen molar-refractivity contribution in [3.05, 3.63) is 83.3 Å². The number of nitrogens with zero attached hydrogens (tertiary/aromatic N) is 1. The summed E-state index contributed by atoms with van der Waals surface area (Å²) in [6.45, 7) is 1.82. The van der Waals surface area contributed by atoms with Gasteiger partial charge in [0.1, 0.15) is 0 Å². The summed E-state index contributed by atoms with van der Waals surface area (Å²) in [6.07, 6.45) is 1.36. The lowest BCUT2D eigenvalue weighted by Gasteiger charge is -2.14. The largest absolute Gasteiger partial charge is 0.459 e. The Morgan fingerprint density at radius 3 is 2.39 bits per heavy atom. The summed E-state index contributed by atoms with van der Waals surface area (Å²) in [6, 6.07) is 14.9. The second-order valence-electron chi connectivity index (χ2n) is 7.12. The van der Waals surface area contributed by atoms with Gasteiger partial charge in [-0.1, -0.05) is 17.7 Å². The van der Waals surface area contributed by atoms with Crippen LogP contribution in [0.1, 0.15) is 43.3 Å². The highest BCUT2D eigenvalue weighted by Crippen LogP contribution is 2.24. The smallest absolute Gasteiger partial charge is 0.291 e. The van der Waals surface area contributed by atoms with Crippen molar-refractivity contribution in [1.29, 1.82) is 0 Å². The molecule has 4 amide bonds. The van der Waals surface area contributed by atoms with Gasteiger partial charge in [-0.25, -0.2) is 0 Å². The molecular formula is C23H19N3O5. The van der Waals surface area contributed by atoms with Gasteiger partial charge >= 0.3 is 0 Å². The lowest BCUT2D eigenvalue weighted by atomic mass is 10.1. The molecule has 31 heavy (non-hydrogen) atoms. The summed E-state index contributed by atoms with van der Waals surface area (Å²) >= 11 is 0. The first-order valence-corrected chi connectivity index (χ1v) is 9.64. The van der Waals surface area contributed by atoms with Crippen LogP contribution < -0.4 is 10.6 Å². The van der Waals surface area contributed by atoms with Crippen LogP contribution in [0, 0.1) is 6.92 Å². The van der Waals surface area contributed by atoms with Crippen LogP contribution in [0.5, 0.6) is 0 Å². The summed E-state index contributed by atoms with van der Waals surface area (Å²) in [5, 5.41) is 5.39. The molecule has 0 unspecified atom stereocenters. The molecule has 0 saturated carbocycles. The minimum Gasteiger partial charge on any atom is -0.459 e. The summed E-state index contributed by atoms with van der Waals surface area (Å²) in [7, 11) is 0. The number of carbonyl (C=O) groups is 4. The first-order valence-electron chi connectivity index (χ1n) is 9.64. The number of hydrogen-bond donors (Lipinski definition) is 2. The van der Waals surface area contributed by atoms with Gasteiger partial charge in [-0.2, -0.15) is 0 Å². The van der Waals surface area contributed by atoms with Gasteiger partial charge in [0.2, 0.25) is 5.91 Å². The maximum absolute atomic E-state index is 12.5. The fourth-order valence-corrected chi connectivity index (χ4v) is 3.32. The maximum atomic E-state index is 12.5. The topological polar surface area (TPSA) is 109 Å². The van der Waals surface area contributed by atoms with E-state index in [2.05, 4.69) is 10.6 Å². The summed E-state index contributed by atoms with van der Waals surface area (Å²) in [5.74, 6) is -1.38. The van der Waals surface area contributed by atoms with Crippen molar-refractivity contribution >= 4 is 35.0 Å². The van der Waals surface area contributed by atoms with E-state index in [1.807, 2.05) is 6.92 Å². The molecule has 1 aliphatic heterocycles. The fourth-order valence-electron chi connectivity index (χ4n) is 3.32. The van der Waals surface area contributed by atoms with Gasteiger partial charge < -0.3 is 15.1 Å². The van der Waals surface area contributed by atoms with E-state index in [9.17, 15) is 19.2 Å². The quantitative estimate of drug-likeness (QED) is 0.597. The van der Waals surface area contributed by atoms with E-state index in [0.717, 1.165) is 10.5 Å². The molecule has 8 heteroatoms.